The Bertz CT molecular complexity index is 566. The number of Topliss-reactive ketones (excluding diaryl/α,β-unsaturated/α-hetero) is 1. The number of aromatic amines is 1. The van der Waals surface area contributed by atoms with E-state index in [4.69, 9.17) is 16.3 Å². The smallest absolute Gasteiger partial charge is 0.207 e. The van der Waals surface area contributed by atoms with Crippen LogP contribution in [-0.4, -0.2) is 21.9 Å². The Balaban J connectivity index is 1.86. The molecule has 1 aliphatic heterocycles. The Morgan fingerprint density at radius 3 is 3.12 bits per heavy atom. The summed E-state index contributed by atoms with van der Waals surface area (Å²) >= 11 is 5.85. The Morgan fingerprint density at radius 1 is 1.47 bits per heavy atom. The zero-order valence-electron chi connectivity index (χ0n) is 8.81. The Hall–Kier alpha value is -1.81. The SMILES string of the molecule is O=C1c2cc(Cl)ccc2OC1Cc1ncc[nH]1. The molecule has 86 valence electrons. The number of carbonyl (C=O) groups is 1. The standard InChI is InChI=1S/C12H9ClN2O2/c13-7-1-2-9-8(5-7)12(16)10(17-9)6-11-14-3-4-15-11/h1-5,10H,6H2,(H,14,15). The number of benzene rings is 1. The highest BCUT2D eigenvalue weighted by atomic mass is 35.5. The molecule has 17 heavy (non-hydrogen) atoms. The molecule has 0 radical (unpaired) electrons. The summed E-state index contributed by atoms with van der Waals surface area (Å²) in [6.45, 7) is 0. The van der Waals surface area contributed by atoms with Crippen LogP contribution in [0.2, 0.25) is 5.02 Å². The number of imidazole rings is 1. The van der Waals surface area contributed by atoms with E-state index in [0.717, 1.165) is 5.82 Å². The lowest BCUT2D eigenvalue weighted by atomic mass is 10.1. The number of carbonyl (C=O) groups excluding carboxylic acids is 1. The third-order valence-electron chi connectivity index (χ3n) is 2.70. The molecule has 0 spiro atoms. The van der Waals surface area contributed by atoms with Gasteiger partial charge in [0, 0.05) is 17.4 Å². The number of hydrogen-bond donors (Lipinski definition) is 1. The quantitative estimate of drug-likeness (QED) is 0.887. The topological polar surface area (TPSA) is 55.0 Å². The molecule has 1 atom stereocenters. The van der Waals surface area contributed by atoms with Gasteiger partial charge in [-0.1, -0.05) is 11.6 Å². The van der Waals surface area contributed by atoms with E-state index < -0.39 is 6.10 Å². The highest BCUT2D eigenvalue weighted by Crippen LogP contribution is 2.31. The van der Waals surface area contributed by atoms with Crippen LogP contribution in [0.25, 0.3) is 0 Å². The molecule has 1 aliphatic rings. The minimum absolute atomic E-state index is 0.0427. The van der Waals surface area contributed by atoms with Gasteiger partial charge in [0.15, 0.2) is 6.10 Å². The van der Waals surface area contributed by atoms with Gasteiger partial charge in [0.1, 0.15) is 11.6 Å². The Morgan fingerprint density at radius 2 is 2.35 bits per heavy atom. The van der Waals surface area contributed by atoms with Crippen LogP contribution in [0.15, 0.2) is 30.6 Å². The van der Waals surface area contributed by atoms with Crippen LogP contribution in [-0.2, 0) is 6.42 Å². The summed E-state index contributed by atoms with van der Waals surface area (Å²) < 4.78 is 5.58. The van der Waals surface area contributed by atoms with Crippen molar-refractivity contribution in [1.82, 2.24) is 9.97 Å². The van der Waals surface area contributed by atoms with Crippen molar-refractivity contribution in [3.05, 3.63) is 47.0 Å². The summed E-state index contributed by atoms with van der Waals surface area (Å²) in [7, 11) is 0. The normalized spacial score (nSPS) is 17.9. The summed E-state index contributed by atoms with van der Waals surface area (Å²) in [5.41, 5.74) is 0.550. The number of hydrogen-bond acceptors (Lipinski definition) is 3. The van der Waals surface area contributed by atoms with Crippen LogP contribution < -0.4 is 4.74 Å². The summed E-state index contributed by atoms with van der Waals surface area (Å²) in [6.07, 6.45) is 3.31. The van der Waals surface area contributed by atoms with E-state index in [9.17, 15) is 4.79 Å². The lowest BCUT2D eigenvalue weighted by Crippen LogP contribution is -2.23. The second-order valence-electron chi connectivity index (χ2n) is 3.85. The monoisotopic (exact) mass is 248 g/mol. The highest BCUT2D eigenvalue weighted by molar-refractivity contribution is 6.31. The molecule has 2 heterocycles. The molecule has 0 fully saturated rings. The molecular formula is C12H9ClN2O2. The fraction of sp³-hybridized carbons (Fsp3) is 0.167. The van der Waals surface area contributed by atoms with Crippen molar-refractivity contribution < 1.29 is 9.53 Å². The van der Waals surface area contributed by atoms with E-state index in [1.807, 2.05) is 0 Å². The minimum Gasteiger partial charge on any atom is -0.481 e. The van der Waals surface area contributed by atoms with Crippen molar-refractivity contribution in [2.24, 2.45) is 0 Å². The molecule has 2 aromatic rings. The van der Waals surface area contributed by atoms with Crippen molar-refractivity contribution in [3.8, 4) is 5.75 Å². The lowest BCUT2D eigenvalue weighted by molar-refractivity contribution is 0.0855. The maximum atomic E-state index is 12.0. The largest absolute Gasteiger partial charge is 0.481 e. The molecule has 4 nitrogen and oxygen atoms in total. The highest BCUT2D eigenvalue weighted by Gasteiger charge is 2.33. The summed E-state index contributed by atoms with van der Waals surface area (Å²) in [5, 5.41) is 0.541. The number of halogens is 1. The molecule has 3 rings (SSSR count). The van der Waals surface area contributed by atoms with Crippen LogP contribution in [0.3, 0.4) is 0 Å². The van der Waals surface area contributed by atoms with E-state index >= 15 is 0 Å². The number of nitrogens with one attached hydrogen (secondary N) is 1. The van der Waals surface area contributed by atoms with E-state index in [0.29, 0.717) is 22.8 Å². The molecule has 1 aromatic heterocycles. The average Bonchev–Trinajstić information content (AvgIpc) is 2.91. The van der Waals surface area contributed by atoms with Crippen molar-refractivity contribution in [2.45, 2.75) is 12.5 Å². The first kappa shape index (κ1) is 10.4. The number of fused-ring (bicyclic) bond motifs is 1. The minimum atomic E-state index is -0.505. The summed E-state index contributed by atoms with van der Waals surface area (Å²) in [5.74, 6) is 1.29. The third-order valence-corrected chi connectivity index (χ3v) is 2.94. The van der Waals surface area contributed by atoms with Gasteiger partial charge < -0.3 is 9.72 Å². The molecule has 0 saturated heterocycles. The maximum Gasteiger partial charge on any atom is 0.207 e. The van der Waals surface area contributed by atoms with Gasteiger partial charge in [0.05, 0.1) is 12.0 Å². The second kappa shape index (κ2) is 3.89. The van der Waals surface area contributed by atoms with Gasteiger partial charge in [-0.3, -0.25) is 4.79 Å². The Labute approximate surface area is 103 Å². The van der Waals surface area contributed by atoms with Crippen molar-refractivity contribution in [1.29, 1.82) is 0 Å². The van der Waals surface area contributed by atoms with E-state index in [-0.39, 0.29) is 5.78 Å². The molecule has 1 aromatic carbocycles. The van der Waals surface area contributed by atoms with Gasteiger partial charge in [0.25, 0.3) is 0 Å². The van der Waals surface area contributed by atoms with Crippen LogP contribution >= 0.6 is 11.6 Å². The predicted octanol–water partition coefficient (Wildman–Crippen LogP) is 2.25. The molecular weight excluding hydrogens is 240 g/mol. The van der Waals surface area contributed by atoms with Crippen LogP contribution in [0.1, 0.15) is 16.2 Å². The molecule has 1 unspecified atom stereocenters. The number of ether oxygens (including phenoxy) is 1. The number of aromatic nitrogens is 2. The first-order valence-electron chi connectivity index (χ1n) is 5.23. The molecule has 1 N–H and O–H groups in total. The molecule has 0 amide bonds. The number of rotatable bonds is 2. The third kappa shape index (κ3) is 1.80. The number of ketones is 1. The fourth-order valence-corrected chi connectivity index (χ4v) is 2.07. The summed E-state index contributed by atoms with van der Waals surface area (Å²) in [4.78, 5) is 19.1. The van der Waals surface area contributed by atoms with Crippen molar-refractivity contribution in [3.63, 3.8) is 0 Å². The number of H-pyrrole nitrogens is 1. The first-order chi connectivity index (χ1) is 8.24. The molecule has 0 saturated carbocycles. The zero-order valence-corrected chi connectivity index (χ0v) is 9.57. The van der Waals surface area contributed by atoms with Crippen molar-refractivity contribution in [2.75, 3.05) is 0 Å². The van der Waals surface area contributed by atoms with E-state index in [2.05, 4.69) is 9.97 Å². The van der Waals surface area contributed by atoms with Gasteiger partial charge in [-0.05, 0) is 18.2 Å². The molecule has 0 aliphatic carbocycles. The summed E-state index contributed by atoms with van der Waals surface area (Å²) in [6, 6.07) is 5.07. The van der Waals surface area contributed by atoms with Crippen LogP contribution in [0, 0.1) is 0 Å². The van der Waals surface area contributed by atoms with Gasteiger partial charge in [-0.15, -0.1) is 0 Å². The predicted molar refractivity (Wildman–Crippen MR) is 62.5 cm³/mol. The van der Waals surface area contributed by atoms with Gasteiger partial charge >= 0.3 is 0 Å². The Kier molecular flexibility index (Phi) is 2.37. The van der Waals surface area contributed by atoms with E-state index in [1.54, 1.807) is 30.6 Å². The van der Waals surface area contributed by atoms with Crippen molar-refractivity contribution >= 4 is 17.4 Å². The van der Waals surface area contributed by atoms with E-state index in [1.165, 1.54) is 0 Å². The fourth-order valence-electron chi connectivity index (χ4n) is 1.90. The lowest BCUT2D eigenvalue weighted by Gasteiger charge is -2.06. The van der Waals surface area contributed by atoms with Crippen LogP contribution in [0.4, 0.5) is 0 Å². The maximum absolute atomic E-state index is 12.0. The molecule has 5 heteroatoms. The second-order valence-corrected chi connectivity index (χ2v) is 4.29. The number of nitrogens with zero attached hydrogens (tertiary/aromatic N) is 1. The van der Waals surface area contributed by atoms with Gasteiger partial charge in [0.2, 0.25) is 5.78 Å². The zero-order chi connectivity index (χ0) is 11.8. The van der Waals surface area contributed by atoms with Gasteiger partial charge in [-0.2, -0.15) is 0 Å². The average molecular weight is 249 g/mol. The molecule has 0 bridgehead atoms. The van der Waals surface area contributed by atoms with Gasteiger partial charge in [-0.25, -0.2) is 4.98 Å². The van der Waals surface area contributed by atoms with Crippen LogP contribution in [0.5, 0.6) is 5.75 Å². The first-order valence-corrected chi connectivity index (χ1v) is 5.60.